The molecular formula is C11H10F4O. The van der Waals surface area contributed by atoms with Crippen LogP contribution in [-0.2, 0) is 4.79 Å². The van der Waals surface area contributed by atoms with Crippen molar-refractivity contribution in [1.82, 2.24) is 0 Å². The van der Waals surface area contributed by atoms with E-state index >= 15 is 0 Å². The molecule has 0 amide bonds. The van der Waals surface area contributed by atoms with Crippen LogP contribution in [0.15, 0.2) is 24.3 Å². The maximum atomic E-state index is 12.6. The number of hydrogen-bond acceptors (Lipinski definition) is 1. The van der Waals surface area contributed by atoms with Gasteiger partial charge < -0.3 is 0 Å². The molecule has 0 aliphatic heterocycles. The van der Waals surface area contributed by atoms with Crippen molar-refractivity contribution in [3.05, 3.63) is 35.6 Å². The standard InChI is InChI=1S/C11H10F4O/c1-7(6-10(16)11(13,14)15)8-2-4-9(12)5-3-8/h2-5,7H,6H2,1H3. The summed E-state index contributed by atoms with van der Waals surface area (Å²) >= 11 is 0. The van der Waals surface area contributed by atoms with Gasteiger partial charge in [-0.15, -0.1) is 0 Å². The average molecular weight is 234 g/mol. The first-order valence-corrected chi connectivity index (χ1v) is 4.66. The second kappa shape index (κ2) is 4.63. The van der Waals surface area contributed by atoms with E-state index in [1.54, 1.807) is 0 Å². The highest BCUT2D eigenvalue weighted by Gasteiger charge is 2.38. The highest BCUT2D eigenvalue weighted by molar-refractivity contribution is 5.84. The van der Waals surface area contributed by atoms with E-state index in [1.807, 2.05) is 0 Å². The van der Waals surface area contributed by atoms with Crippen LogP contribution in [0.3, 0.4) is 0 Å². The Balaban J connectivity index is 2.69. The van der Waals surface area contributed by atoms with Crippen molar-refractivity contribution in [1.29, 1.82) is 0 Å². The molecule has 0 aliphatic carbocycles. The molecule has 88 valence electrons. The van der Waals surface area contributed by atoms with Gasteiger partial charge in [0.25, 0.3) is 0 Å². The van der Waals surface area contributed by atoms with E-state index in [0.29, 0.717) is 5.56 Å². The van der Waals surface area contributed by atoms with Crippen LogP contribution in [0.25, 0.3) is 0 Å². The lowest BCUT2D eigenvalue weighted by Gasteiger charge is -2.12. The monoisotopic (exact) mass is 234 g/mol. The van der Waals surface area contributed by atoms with Crippen LogP contribution in [0.2, 0.25) is 0 Å². The minimum Gasteiger partial charge on any atom is -0.290 e. The molecule has 16 heavy (non-hydrogen) atoms. The van der Waals surface area contributed by atoms with Crippen molar-refractivity contribution < 1.29 is 22.4 Å². The first kappa shape index (κ1) is 12.7. The molecule has 0 bridgehead atoms. The molecule has 0 saturated carbocycles. The molecule has 0 spiro atoms. The molecule has 1 rings (SSSR count). The molecule has 5 heteroatoms. The Morgan fingerprint density at radius 1 is 1.25 bits per heavy atom. The van der Waals surface area contributed by atoms with Gasteiger partial charge in [0, 0.05) is 6.42 Å². The van der Waals surface area contributed by atoms with E-state index in [4.69, 9.17) is 0 Å². The molecule has 1 unspecified atom stereocenters. The number of rotatable bonds is 3. The van der Waals surface area contributed by atoms with Crippen LogP contribution in [0.5, 0.6) is 0 Å². The number of halogens is 4. The van der Waals surface area contributed by atoms with E-state index in [2.05, 4.69) is 0 Å². The zero-order chi connectivity index (χ0) is 12.3. The third kappa shape index (κ3) is 3.32. The van der Waals surface area contributed by atoms with E-state index in [0.717, 1.165) is 12.1 Å². The predicted octanol–water partition coefficient (Wildman–Crippen LogP) is 3.45. The molecule has 0 aliphatic rings. The van der Waals surface area contributed by atoms with Crippen LogP contribution < -0.4 is 0 Å². The van der Waals surface area contributed by atoms with Gasteiger partial charge in [0.15, 0.2) is 0 Å². The summed E-state index contributed by atoms with van der Waals surface area (Å²) in [5, 5.41) is 0. The van der Waals surface area contributed by atoms with Crippen LogP contribution in [0, 0.1) is 5.82 Å². The fourth-order valence-electron chi connectivity index (χ4n) is 1.30. The Bertz CT molecular complexity index is 367. The van der Waals surface area contributed by atoms with Gasteiger partial charge in [-0.05, 0) is 23.6 Å². The third-order valence-corrected chi connectivity index (χ3v) is 2.25. The van der Waals surface area contributed by atoms with Gasteiger partial charge >= 0.3 is 6.18 Å². The summed E-state index contributed by atoms with van der Waals surface area (Å²) in [7, 11) is 0. The minimum atomic E-state index is -4.80. The van der Waals surface area contributed by atoms with Crippen LogP contribution >= 0.6 is 0 Å². The Kier molecular flexibility index (Phi) is 3.67. The summed E-state index contributed by atoms with van der Waals surface area (Å²) in [6.45, 7) is 1.50. The maximum absolute atomic E-state index is 12.6. The number of alkyl halides is 3. The molecule has 0 heterocycles. The molecule has 1 atom stereocenters. The van der Waals surface area contributed by atoms with Crippen molar-refractivity contribution in [2.24, 2.45) is 0 Å². The summed E-state index contributed by atoms with van der Waals surface area (Å²) in [5.41, 5.74) is 0.513. The lowest BCUT2D eigenvalue weighted by atomic mass is 9.95. The predicted molar refractivity (Wildman–Crippen MR) is 50.5 cm³/mol. The Labute approximate surface area is 90.1 Å². The van der Waals surface area contributed by atoms with E-state index < -0.39 is 30.1 Å². The van der Waals surface area contributed by atoms with Crippen molar-refractivity contribution in [3.63, 3.8) is 0 Å². The van der Waals surface area contributed by atoms with Crippen molar-refractivity contribution in [3.8, 4) is 0 Å². The lowest BCUT2D eigenvalue weighted by molar-refractivity contribution is -0.171. The normalized spacial score (nSPS) is 13.6. The second-order valence-electron chi connectivity index (χ2n) is 3.58. The first-order chi connectivity index (χ1) is 7.30. The summed E-state index contributed by atoms with van der Waals surface area (Å²) in [5.74, 6) is -2.79. The third-order valence-electron chi connectivity index (χ3n) is 2.25. The number of benzene rings is 1. The van der Waals surface area contributed by atoms with Gasteiger partial charge in [0.2, 0.25) is 5.78 Å². The van der Waals surface area contributed by atoms with Crippen molar-refractivity contribution in [2.75, 3.05) is 0 Å². The van der Waals surface area contributed by atoms with Crippen LogP contribution in [0.4, 0.5) is 17.6 Å². The van der Waals surface area contributed by atoms with E-state index in [1.165, 1.54) is 19.1 Å². The largest absolute Gasteiger partial charge is 0.449 e. The maximum Gasteiger partial charge on any atom is 0.449 e. The molecule has 0 radical (unpaired) electrons. The zero-order valence-electron chi connectivity index (χ0n) is 8.51. The SMILES string of the molecule is CC(CC(=O)C(F)(F)F)c1ccc(F)cc1. The van der Waals surface area contributed by atoms with Crippen molar-refractivity contribution >= 4 is 5.78 Å². The van der Waals surface area contributed by atoms with Crippen LogP contribution in [0.1, 0.15) is 24.8 Å². The quantitative estimate of drug-likeness (QED) is 0.732. The molecule has 1 aromatic carbocycles. The van der Waals surface area contributed by atoms with Gasteiger partial charge in [-0.25, -0.2) is 4.39 Å². The molecule has 1 aromatic rings. The number of Topliss-reactive ketones (excluding diaryl/α,β-unsaturated/α-hetero) is 1. The highest BCUT2D eigenvalue weighted by Crippen LogP contribution is 2.25. The molecule has 0 aromatic heterocycles. The summed E-state index contributed by atoms with van der Waals surface area (Å²) in [6.07, 6.45) is -5.41. The summed E-state index contributed by atoms with van der Waals surface area (Å²) < 4.78 is 48.5. The minimum absolute atomic E-state index is 0.460. The van der Waals surface area contributed by atoms with Gasteiger partial charge in [-0.2, -0.15) is 13.2 Å². The van der Waals surface area contributed by atoms with Gasteiger partial charge in [0.05, 0.1) is 0 Å². The van der Waals surface area contributed by atoms with Crippen LogP contribution in [-0.4, -0.2) is 12.0 Å². The lowest BCUT2D eigenvalue weighted by Crippen LogP contribution is -2.24. The Hall–Kier alpha value is -1.39. The van der Waals surface area contributed by atoms with E-state index in [9.17, 15) is 22.4 Å². The first-order valence-electron chi connectivity index (χ1n) is 4.66. The number of carbonyl (C=O) groups is 1. The fraction of sp³-hybridized carbons (Fsp3) is 0.364. The second-order valence-corrected chi connectivity index (χ2v) is 3.58. The number of ketones is 1. The molecule has 0 fully saturated rings. The summed E-state index contributed by atoms with van der Waals surface area (Å²) in [4.78, 5) is 10.7. The molecule has 0 saturated heterocycles. The number of hydrogen-bond donors (Lipinski definition) is 0. The smallest absolute Gasteiger partial charge is 0.290 e. The van der Waals surface area contributed by atoms with E-state index in [-0.39, 0.29) is 0 Å². The topological polar surface area (TPSA) is 17.1 Å². The Morgan fingerprint density at radius 2 is 1.75 bits per heavy atom. The fourth-order valence-corrected chi connectivity index (χ4v) is 1.30. The average Bonchev–Trinajstić information content (AvgIpc) is 2.17. The molecule has 0 N–H and O–H groups in total. The molecular weight excluding hydrogens is 224 g/mol. The van der Waals surface area contributed by atoms with Gasteiger partial charge in [0.1, 0.15) is 5.82 Å². The zero-order valence-corrected chi connectivity index (χ0v) is 8.51. The highest BCUT2D eigenvalue weighted by atomic mass is 19.4. The van der Waals surface area contributed by atoms with Gasteiger partial charge in [-0.3, -0.25) is 4.79 Å². The summed E-state index contributed by atoms with van der Waals surface area (Å²) in [6, 6.07) is 5.07. The van der Waals surface area contributed by atoms with Gasteiger partial charge in [-0.1, -0.05) is 19.1 Å². The number of carbonyl (C=O) groups excluding carboxylic acids is 1. The Morgan fingerprint density at radius 3 is 2.19 bits per heavy atom. The molecule has 1 nitrogen and oxygen atoms in total. The van der Waals surface area contributed by atoms with Crippen molar-refractivity contribution in [2.45, 2.75) is 25.4 Å².